The van der Waals surface area contributed by atoms with Crippen molar-refractivity contribution in [2.24, 2.45) is 0 Å². The summed E-state index contributed by atoms with van der Waals surface area (Å²) in [5.41, 5.74) is 0.393. The van der Waals surface area contributed by atoms with Gasteiger partial charge in [0.15, 0.2) is 0 Å². The van der Waals surface area contributed by atoms with Gasteiger partial charge >= 0.3 is 0 Å². The van der Waals surface area contributed by atoms with Gasteiger partial charge < -0.3 is 4.57 Å². The SMILES string of the molecule is O=C1NC(=O)c2cc(S(=O)(=O)Nc3cc(-n4cccc4)ccc3F)ccc21. The Hall–Kier alpha value is -3.46. The van der Waals surface area contributed by atoms with E-state index in [0.717, 1.165) is 12.1 Å². The van der Waals surface area contributed by atoms with Crippen LogP contribution in [0.5, 0.6) is 0 Å². The van der Waals surface area contributed by atoms with E-state index >= 15 is 0 Å². The van der Waals surface area contributed by atoms with Gasteiger partial charge in [-0.25, -0.2) is 12.8 Å². The van der Waals surface area contributed by atoms with Crippen LogP contribution in [0.2, 0.25) is 0 Å². The molecule has 1 aliphatic rings. The van der Waals surface area contributed by atoms with Gasteiger partial charge in [0.05, 0.1) is 21.7 Å². The monoisotopic (exact) mass is 385 g/mol. The minimum Gasteiger partial charge on any atom is -0.324 e. The number of sulfonamides is 1. The van der Waals surface area contributed by atoms with Crippen molar-refractivity contribution in [3.63, 3.8) is 0 Å². The highest BCUT2D eigenvalue weighted by molar-refractivity contribution is 7.92. The molecule has 0 aliphatic carbocycles. The zero-order valence-electron chi connectivity index (χ0n) is 13.6. The Balaban J connectivity index is 1.71. The Kier molecular flexibility index (Phi) is 3.81. The lowest BCUT2D eigenvalue weighted by Gasteiger charge is -2.12. The third-order valence-corrected chi connectivity index (χ3v) is 5.48. The average molecular weight is 385 g/mol. The highest BCUT2D eigenvalue weighted by atomic mass is 32.2. The summed E-state index contributed by atoms with van der Waals surface area (Å²) in [4.78, 5) is 23.1. The molecule has 0 fully saturated rings. The fourth-order valence-electron chi connectivity index (χ4n) is 2.78. The van der Waals surface area contributed by atoms with Gasteiger partial charge in [-0.15, -0.1) is 0 Å². The molecular formula is C18H12FN3O4S. The van der Waals surface area contributed by atoms with E-state index < -0.39 is 27.7 Å². The molecule has 2 aromatic carbocycles. The molecule has 2 N–H and O–H groups in total. The van der Waals surface area contributed by atoms with Crippen LogP contribution in [0.25, 0.3) is 5.69 Å². The van der Waals surface area contributed by atoms with Crippen molar-refractivity contribution in [3.8, 4) is 5.69 Å². The van der Waals surface area contributed by atoms with E-state index in [2.05, 4.69) is 10.0 Å². The van der Waals surface area contributed by atoms with E-state index in [9.17, 15) is 22.4 Å². The number of nitrogens with one attached hydrogen (secondary N) is 2. The van der Waals surface area contributed by atoms with Crippen molar-refractivity contribution in [2.75, 3.05) is 4.72 Å². The number of aromatic nitrogens is 1. The van der Waals surface area contributed by atoms with Crippen LogP contribution in [0.3, 0.4) is 0 Å². The van der Waals surface area contributed by atoms with Gasteiger partial charge in [-0.2, -0.15) is 0 Å². The second-order valence-electron chi connectivity index (χ2n) is 5.85. The lowest BCUT2D eigenvalue weighted by molar-refractivity contribution is 0.0879. The number of fused-ring (bicyclic) bond motifs is 1. The van der Waals surface area contributed by atoms with Crippen LogP contribution in [0.15, 0.2) is 65.8 Å². The number of imide groups is 1. The molecule has 1 aromatic heterocycles. The average Bonchev–Trinajstić information content (AvgIpc) is 3.26. The number of carbonyl (C=O) groups excluding carboxylic acids is 2. The Bertz CT molecular complexity index is 1190. The van der Waals surface area contributed by atoms with Crippen molar-refractivity contribution < 1.29 is 22.4 Å². The van der Waals surface area contributed by atoms with Crippen LogP contribution < -0.4 is 10.0 Å². The van der Waals surface area contributed by atoms with Gasteiger partial charge in [-0.3, -0.25) is 19.6 Å². The lowest BCUT2D eigenvalue weighted by atomic mass is 10.1. The lowest BCUT2D eigenvalue weighted by Crippen LogP contribution is -2.20. The highest BCUT2D eigenvalue weighted by Crippen LogP contribution is 2.25. The molecule has 4 rings (SSSR count). The quantitative estimate of drug-likeness (QED) is 0.674. The summed E-state index contributed by atoms with van der Waals surface area (Å²) in [5.74, 6) is -2.01. The van der Waals surface area contributed by atoms with Gasteiger partial charge in [-0.05, 0) is 48.5 Å². The molecule has 27 heavy (non-hydrogen) atoms. The van der Waals surface area contributed by atoms with Crippen molar-refractivity contribution in [2.45, 2.75) is 4.90 Å². The Morgan fingerprint density at radius 3 is 2.37 bits per heavy atom. The first-order chi connectivity index (χ1) is 12.8. The maximum absolute atomic E-state index is 14.1. The van der Waals surface area contributed by atoms with Crippen LogP contribution in [0.1, 0.15) is 20.7 Å². The van der Waals surface area contributed by atoms with Crippen LogP contribution in [-0.4, -0.2) is 24.8 Å². The van der Waals surface area contributed by atoms with E-state index in [4.69, 9.17) is 0 Å². The summed E-state index contributed by atoms with van der Waals surface area (Å²) in [6.45, 7) is 0. The van der Waals surface area contributed by atoms with Crippen molar-refractivity contribution in [3.05, 3.63) is 77.9 Å². The Labute approximate surface area is 153 Å². The fraction of sp³-hybridized carbons (Fsp3) is 0. The van der Waals surface area contributed by atoms with E-state index in [1.54, 1.807) is 29.1 Å². The minimum absolute atomic E-state index is 0.0376. The van der Waals surface area contributed by atoms with Gasteiger partial charge in [0, 0.05) is 18.1 Å². The first-order valence-corrected chi connectivity index (χ1v) is 9.29. The molecule has 136 valence electrons. The van der Waals surface area contributed by atoms with E-state index in [-0.39, 0.29) is 21.7 Å². The predicted molar refractivity (Wildman–Crippen MR) is 94.8 cm³/mol. The summed E-state index contributed by atoms with van der Waals surface area (Å²) in [6, 6.07) is 11.1. The van der Waals surface area contributed by atoms with E-state index in [0.29, 0.717) is 5.69 Å². The van der Waals surface area contributed by atoms with Gasteiger partial charge in [0.25, 0.3) is 21.8 Å². The van der Waals surface area contributed by atoms with Crippen LogP contribution >= 0.6 is 0 Å². The molecule has 0 unspecified atom stereocenters. The molecule has 2 amide bonds. The summed E-state index contributed by atoms with van der Waals surface area (Å²) in [7, 11) is -4.17. The molecule has 0 atom stereocenters. The maximum atomic E-state index is 14.1. The molecule has 0 bridgehead atoms. The number of halogens is 1. The van der Waals surface area contributed by atoms with Crippen LogP contribution in [-0.2, 0) is 10.0 Å². The number of hydrogen-bond acceptors (Lipinski definition) is 4. The molecule has 1 aliphatic heterocycles. The standard InChI is InChI=1S/C18H12FN3O4S/c19-15-6-3-11(22-7-1-2-8-22)9-16(15)21-27(25,26)12-4-5-13-14(10-12)18(24)20-17(13)23/h1-10,21H,(H,20,23,24). The predicted octanol–water partition coefficient (Wildman–Crippen LogP) is 2.30. The second-order valence-corrected chi connectivity index (χ2v) is 7.53. The normalized spacial score (nSPS) is 13.4. The number of nitrogens with zero attached hydrogens (tertiary/aromatic N) is 1. The van der Waals surface area contributed by atoms with Crippen molar-refractivity contribution >= 4 is 27.5 Å². The highest BCUT2D eigenvalue weighted by Gasteiger charge is 2.29. The molecule has 0 saturated heterocycles. The zero-order chi connectivity index (χ0) is 19.2. The topological polar surface area (TPSA) is 97.3 Å². The van der Waals surface area contributed by atoms with Crippen molar-refractivity contribution in [1.82, 2.24) is 9.88 Å². The summed E-state index contributed by atoms with van der Waals surface area (Å²) >= 11 is 0. The first-order valence-electron chi connectivity index (χ1n) is 7.80. The number of anilines is 1. The second kappa shape index (κ2) is 6.06. The minimum atomic E-state index is -4.17. The first kappa shape index (κ1) is 17.0. The third kappa shape index (κ3) is 2.97. The molecule has 3 aromatic rings. The summed E-state index contributed by atoms with van der Waals surface area (Å²) in [6.07, 6.45) is 3.48. The molecule has 0 spiro atoms. The van der Waals surface area contributed by atoms with Crippen LogP contribution in [0, 0.1) is 5.82 Å². The zero-order valence-corrected chi connectivity index (χ0v) is 14.5. The van der Waals surface area contributed by atoms with Gasteiger partial charge in [-0.1, -0.05) is 0 Å². The van der Waals surface area contributed by atoms with Gasteiger partial charge in [0.2, 0.25) is 0 Å². The largest absolute Gasteiger partial charge is 0.324 e. The molecule has 0 saturated carbocycles. The van der Waals surface area contributed by atoms with E-state index in [1.807, 2.05) is 0 Å². The van der Waals surface area contributed by atoms with E-state index in [1.165, 1.54) is 24.3 Å². The maximum Gasteiger partial charge on any atom is 0.262 e. The summed E-state index contributed by atoms with van der Waals surface area (Å²) < 4.78 is 43.3. The third-order valence-electron chi connectivity index (χ3n) is 4.11. The Morgan fingerprint density at radius 1 is 0.926 bits per heavy atom. The van der Waals surface area contributed by atoms with Gasteiger partial charge in [0.1, 0.15) is 5.82 Å². The fourth-order valence-corrected chi connectivity index (χ4v) is 3.86. The molecular weight excluding hydrogens is 373 g/mol. The molecule has 9 heteroatoms. The molecule has 0 radical (unpaired) electrons. The number of benzene rings is 2. The number of carbonyl (C=O) groups is 2. The smallest absolute Gasteiger partial charge is 0.262 e. The molecule has 7 nitrogen and oxygen atoms in total. The summed E-state index contributed by atoms with van der Waals surface area (Å²) in [5, 5.41) is 2.09. The Morgan fingerprint density at radius 2 is 1.63 bits per heavy atom. The van der Waals surface area contributed by atoms with Crippen LogP contribution in [0.4, 0.5) is 10.1 Å². The number of hydrogen-bond donors (Lipinski definition) is 2. The van der Waals surface area contributed by atoms with Crippen molar-refractivity contribution in [1.29, 1.82) is 0 Å². The molecule has 2 heterocycles. The number of rotatable bonds is 4. The number of amides is 2.